The number of benzene rings is 1. The number of nitrogens with zero attached hydrogens (tertiary/aromatic N) is 1. The van der Waals surface area contributed by atoms with Crippen molar-refractivity contribution in [2.45, 2.75) is 23.8 Å². The third kappa shape index (κ3) is 2.77. The fourth-order valence-corrected chi connectivity index (χ4v) is 4.04. The van der Waals surface area contributed by atoms with Crippen molar-refractivity contribution < 1.29 is 17.2 Å². The third-order valence-corrected chi connectivity index (χ3v) is 5.21. The molecule has 1 aliphatic heterocycles. The van der Waals surface area contributed by atoms with Gasteiger partial charge in [0, 0.05) is 19.1 Å². The fraction of sp³-hybridized carbons (Fsp3) is 0.500. The summed E-state index contributed by atoms with van der Waals surface area (Å²) >= 11 is 0. The van der Waals surface area contributed by atoms with Crippen molar-refractivity contribution in [2.24, 2.45) is 0 Å². The van der Waals surface area contributed by atoms with Crippen LogP contribution in [0.5, 0.6) is 0 Å². The zero-order chi connectivity index (χ0) is 14.0. The second-order valence-corrected chi connectivity index (χ2v) is 6.44. The van der Waals surface area contributed by atoms with Gasteiger partial charge in [0.05, 0.1) is 4.90 Å². The fourth-order valence-electron chi connectivity index (χ4n) is 2.34. The summed E-state index contributed by atoms with van der Waals surface area (Å²) in [6.07, 6.45) is 1.54. The molecule has 1 aromatic carbocycles. The van der Waals surface area contributed by atoms with E-state index in [9.17, 15) is 17.2 Å². The summed E-state index contributed by atoms with van der Waals surface area (Å²) < 4.78 is 52.2. The van der Waals surface area contributed by atoms with Crippen molar-refractivity contribution in [3.05, 3.63) is 29.8 Å². The lowest BCUT2D eigenvalue weighted by Crippen LogP contribution is -2.40. The van der Waals surface area contributed by atoms with E-state index in [1.807, 2.05) is 0 Å². The Morgan fingerprint density at radius 2 is 2.11 bits per heavy atom. The van der Waals surface area contributed by atoms with E-state index in [-0.39, 0.29) is 10.9 Å². The highest BCUT2D eigenvalue weighted by Crippen LogP contribution is 2.26. The highest BCUT2D eigenvalue weighted by molar-refractivity contribution is 7.89. The molecule has 1 aromatic rings. The molecule has 1 aliphatic rings. The van der Waals surface area contributed by atoms with E-state index in [1.54, 1.807) is 7.05 Å². The number of likely N-dealkylation sites (N-methyl/N-ethyl adjacent to an activating group) is 1. The molecule has 0 amide bonds. The molecule has 1 fully saturated rings. The third-order valence-electron chi connectivity index (χ3n) is 3.26. The first-order chi connectivity index (χ1) is 8.96. The normalized spacial score (nSPS) is 20.9. The van der Waals surface area contributed by atoms with Gasteiger partial charge in [-0.25, -0.2) is 17.2 Å². The molecule has 7 heteroatoms. The molecule has 106 valence electrons. The molecule has 1 unspecified atom stereocenters. The number of rotatable bonds is 4. The molecule has 0 saturated carbocycles. The molecule has 1 saturated heterocycles. The lowest BCUT2D eigenvalue weighted by molar-refractivity contribution is 0.378. The van der Waals surface area contributed by atoms with E-state index < -0.39 is 21.7 Å². The van der Waals surface area contributed by atoms with Crippen molar-refractivity contribution in [1.82, 2.24) is 9.62 Å². The predicted molar refractivity (Wildman–Crippen MR) is 67.2 cm³/mol. The van der Waals surface area contributed by atoms with Crippen LogP contribution in [0.1, 0.15) is 12.8 Å². The first-order valence-corrected chi connectivity index (χ1v) is 7.52. The SMILES string of the molecule is CNCC1CCCN1S(=O)(=O)c1ccc(F)c(F)c1. The molecule has 1 atom stereocenters. The zero-order valence-electron chi connectivity index (χ0n) is 10.6. The number of hydrogen-bond acceptors (Lipinski definition) is 3. The molecule has 0 bridgehead atoms. The van der Waals surface area contributed by atoms with E-state index in [2.05, 4.69) is 5.32 Å². The van der Waals surface area contributed by atoms with Crippen molar-refractivity contribution in [1.29, 1.82) is 0 Å². The van der Waals surface area contributed by atoms with Crippen LogP contribution in [-0.2, 0) is 10.0 Å². The van der Waals surface area contributed by atoms with Crippen LogP contribution in [-0.4, -0.2) is 38.9 Å². The van der Waals surface area contributed by atoms with Crippen LogP contribution in [0.25, 0.3) is 0 Å². The van der Waals surface area contributed by atoms with Crippen LogP contribution in [0.2, 0.25) is 0 Å². The molecule has 0 aliphatic carbocycles. The van der Waals surface area contributed by atoms with Crippen molar-refractivity contribution in [3.63, 3.8) is 0 Å². The number of sulfonamides is 1. The van der Waals surface area contributed by atoms with Gasteiger partial charge in [0.1, 0.15) is 0 Å². The standard InChI is InChI=1S/C12H16F2N2O2S/c1-15-8-9-3-2-6-16(9)19(17,18)10-4-5-11(13)12(14)7-10/h4-5,7,9,15H,2-3,6,8H2,1H3. The second kappa shape index (κ2) is 5.52. The molecule has 0 aromatic heterocycles. The Labute approximate surface area is 111 Å². The Kier molecular flexibility index (Phi) is 4.17. The van der Waals surface area contributed by atoms with Gasteiger partial charge in [-0.2, -0.15) is 4.31 Å². The smallest absolute Gasteiger partial charge is 0.243 e. The van der Waals surface area contributed by atoms with Gasteiger partial charge >= 0.3 is 0 Å². The summed E-state index contributed by atoms with van der Waals surface area (Å²) in [4.78, 5) is -0.200. The van der Waals surface area contributed by atoms with Crippen molar-refractivity contribution in [2.75, 3.05) is 20.1 Å². The minimum absolute atomic E-state index is 0.136. The van der Waals surface area contributed by atoms with Crippen LogP contribution in [0.4, 0.5) is 8.78 Å². The van der Waals surface area contributed by atoms with E-state index in [4.69, 9.17) is 0 Å². The van der Waals surface area contributed by atoms with Gasteiger partial charge in [-0.1, -0.05) is 0 Å². The second-order valence-electron chi connectivity index (χ2n) is 4.55. The molecule has 1 N–H and O–H groups in total. The Balaban J connectivity index is 2.33. The van der Waals surface area contributed by atoms with Crippen molar-refractivity contribution >= 4 is 10.0 Å². The van der Waals surface area contributed by atoms with Crippen LogP contribution in [0.3, 0.4) is 0 Å². The summed E-state index contributed by atoms with van der Waals surface area (Å²) in [5, 5.41) is 2.94. The maximum Gasteiger partial charge on any atom is 0.243 e. The molecule has 0 radical (unpaired) electrons. The summed E-state index contributed by atoms with van der Waals surface area (Å²) in [6.45, 7) is 0.955. The summed E-state index contributed by atoms with van der Waals surface area (Å²) in [7, 11) is -2.01. The zero-order valence-corrected chi connectivity index (χ0v) is 11.4. The largest absolute Gasteiger partial charge is 0.318 e. The van der Waals surface area contributed by atoms with Crippen LogP contribution >= 0.6 is 0 Å². The Hall–Kier alpha value is -1.05. The van der Waals surface area contributed by atoms with Gasteiger partial charge in [0.2, 0.25) is 10.0 Å². The average Bonchev–Trinajstić information content (AvgIpc) is 2.82. The molecule has 2 rings (SSSR count). The monoisotopic (exact) mass is 290 g/mol. The van der Waals surface area contributed by atoms with Gasteiger partial charge in [-0.3, -0.25) is 0 Å². The Bertz CT molecular complexity index is 563. The first kappa shape index (κ1) is 14.4. The van der Waals surface area contributed by atoms with E-state index in [0.717, 1.165) is 31.0 Å². The minimum atomic E-state index is -3.76. The van der Waals surface area contributed by atoms with Crippen LogP contribution in [0, 0.1) is 11.6 Å². The van der Waals surface area contributed by atoms with Gasteiger partial charge in [0.25, 0.3) is 0 Å². The molecular weight excluding hydrogens is 274 g/mol. The van der Waals surface area contributed by atoms with Crippen molar-refractivity contribution in [3.8, 4) is 0 Å². The lowest BCUT2D eigenvalue weighted by Gasteiger charge is -2.23. The summed E-state index contributed by atoms with van der Waals surface area (Å²) in [5.74, 6) is -2.20. The Morgan fingerprint density at radius 3 is 2.74 bits per heavy atom. The lowest BCUT2D eigenvalue weighted by atomic mass is 10.2. The predicted octanol–water partition coefficient (Wildman–Crippen LogP) is 1.34. The van der Waals surface area contributed by atoms with Gasteiger partial charge in [-0.15, -0.1) is 0 Å². The van der Waals surface area contributed by atoms with Crippen LogP contribution in [0.15, 0.2) is 23.1 Å². The highest BCUT2D eigenvalue weighted by atomic mass is 32.2. The Morgan fingerprint density at radius 1 is 1.37 bits per heavy atom. The number of halogens is 2. The maximum absolute atomic E-state index is 13.2. The van der Waals surface area contributed by atoms with E-state index in [0.29, 0.717) is 13.1 Å². The van der Waals surface area contributed by atoms with Gasteiger partial charge in [0.15, 0.2) is 11.6 Å². The minimum Gasteiger partial charge on any atom is -0.318 e. The van der Waals surface area contributed by atoms with E-state index in [1.165, 1.54) is 4.31 Å². The number of hydrogen-bond donors (Lipinski definition) is 1. The number of nitrogens with one attached hydrogen (secondary N) is 1. The molecular formula is C12H16F2N2O2S. The quantitative estimate of drug-likeness (QED) is 0.910. The molecule has 0 spiro atoms. The van der Waals surface area contributed by atoms with Gasteiger partial charge < -0.3 is 5.32 Å². The topological polar surface area (TPSA) is 49.4 Å². The molecule has 1 heterocycles. The maximum atomic E-state index is 13.2. The van der Waals surface area contributed by atoms with E-state index >= 15 is 0 Å². The molecule has 19 heavy (non-hydrogen) atoms. The summed E-state index contributed by atoms with van der Waals surface area (Å²) in [6, 6.07) is 2.54. The van der Waals surface area contributed by atoms with Gasteiger partial charge in [-0.05, 0) is 38.1 Å². The average molecular weight is 290 g/mol. The summed E-state index contributed by atoms with van der Waals surface area (Å²) in [5.41, 5.74) is 0. The first-order valence-electron chi connectivity index (χ1n) is 6.08. The highest BCUT2D eigenvalue weighted by Gasteiger charge is 2.35. The molecule has 4 nitrogen and oxygen atoms in total. The van der Waals surface area contributed by atoms with Crippen LogP contribution < -0.4 is 5.32 Å².